The molecule has 0 unspecified atom stereocenters. The van der Waals surface area contributed by atoms with E-state index in [0.717, 1.165) is 17.0 Å². The molecule has 0 saturated carbocycles. The number of aliphatic hydroxyl groups excluding tert-OH is 1. The number of nitrogens with one attached hydrogen (secondary N) is 2. The molecule has 25 heavy (non-hydrogen) atoms. The molecule has 3 heterocycles. The van der Waals surface area contributed by atoms with Crippen LogP contribution in [0.4, 0.5) is 0 Å². The van der Waals surface area contributed by atoms with Crippen molar-refractivity contribution in [2.45, 2.75) is 19.6 Å². The highest BCUT2D eigenvalue weighted by Gasteiger charge is 2.19. The van der Waals surface area contributed by atoms with E-state index in [1.807, 2.05) is 25.1 Å². The fourth-order valence-corrected chi connectivity index (χ4v) is 3.19. The fourth-order valence-electron chi connectivity index (χ4n) is 2.32. The zero-order chi connectivity index (χ0) is 17.8. The molecule has 0 bridgehead atoms. The topological polar surface area (TPSA) is 117 Å². The van der Waals surface area contributed by atoms with Crippen LogP contribution in [0.2, 0.25) is 0 Å². The summed E-state index contributed by atoms with van der Waals surface area (Å²) in [5.74, 6) is -0.269. The van der Waals surface area contributed by atoms with Crippen LogP contribution >= 0.6 is 11.3 Å². The minimum atomic E-state index is -0.401. The van der Waals surface area contributed by atoms with E-state index in [2.05, 4.69) is 20.3 Å². The van der Waals surface area contributed by atoms with Gasteiger partial charge in [0.15, 0.2) is 0 Å². The first-order valence-electron chi connectivity index (χ1n) is 7.79. The summed E-state index contributed by atoms with van der Waals surface area (Å²) >= 11 is 1.36. The van der Waals surface area contributed by atoms with Crippen LogP contribution in [0, 0.1) is 6.92 Å². The summed E-state index contributed by atoms with van der Waals surface area (Å²) in [5.41, 5.74) is 9.37. The van der Waals surface area contributed by atoms with Gasteiger partial charge in [0.1, 0.15) is 10.7 Å². The summed E-state index contributed by atoms with van der Waals surface area (Å²) in [6.07, 6.45) is 1.78. The van der Waals surface area contributed by atoms with Crippen LogP contribution in [0.25, 0.3) is 11.4 Å². The van der Waals surface area contributed by atoms with E-state index in [9.17, 15) is 4.79 Å². The number of H-pyrrole nitrogens is 1. The molecule has 0 aromatic carbocycles. The van der Waals surface area contributed by atoms with E-state index in [0.29, 0.717) is 16.4 Å². The second-order valence-corrected chi connectivity index (χ2v) is 6.49. The molecule has 3 aromatic rings. The van der Waals surface area contributed by atoms with Crippen molar-refractivity contribution in [3.63, 3.8) is 0 Å². The number of carbonyl (C=O) groups is 1. The Morgan fingerprint density at radius 3 is 2.88 bits per heavy atom. The molecule has 0 aliphatic rings. The van der Waals surface area contributed by atoms with Crippen molar-refractivity contribution in [3.05, 3.63) is 57.8 Å². The Kier molecular flexibility index (Phi) is 5.22. The van der Waals surface area contributed by atoms with Gasteiger partial charge in [-0.1, -0.05) is 6.07 Å². The van der Waals surface area contributed by atoms with Crippen LogP contribution in [0.5, 0.6) is 0 Å². The van der Waals surface area contributed by atoms with Crippen molar-refractivity contribution < 1.29 is 9.90 Å². The van der Waals surface area contributed by atoms with Gasteiger partial charge in [-0.3, -0.25) is 9.78 Å². The third-order valence-electron chi connectivity index (χ3n) is 3.69. The van der Waals surface area contributed by atoms with Gasteiger partial charge in [0, 0.05) is 18.1 Å². The minimum absolute atomic E-state index is 0.134. The Morgan fingerprint density at radius 2 is 2.24 bits per heavy atom. The Labute approximate surface area is 149 Å². The van der Waals surface area contributed by atoms with E-state index in [-0.39, 0.29) is 19.1 Å². The lowest BCUT2D eigenvalue weighted by molar-refractivity contribution is 0.0933. The van der Waals surface area contributed by atoms with Crippen LogP contribution in [0.3, 0.4) is 0 Å². The molecule has 8 heteroatoms. The number of rotatable bonds is 6. The predicted octanol–water partition coefficient (Wildman–Crippen LogP) is 1.76. The van der Waals surface area contributed by atoms with E-state index in [1.165, 1.54) is 11.3 Å². The molecule has 0 fully saturated rings. The van der Waals surface area contributed by atoms with Gasteiger partial charge >= 0.3 is 0 Å². The summed E-state index contributed by atoms with van der Waals surface area (Å²) in [7, 11) is 0. The first kappa shape index (κ1) is 17.3. The molecule has 0 saturated heterocycles. The first-order chi connectivity index (χ1) is 12.1. The zero-order valence-corrected chi connectivity index (χ0v) is 14.5. The average molecular weight is 357 g/mol. The number of pyridine rings is 1. The molecule has 1 amide bonds. The minimum Gasteiger partial charge on any atom is -0.390 e. The third kappa shape index (κ3) is 3.93. The standard InChI is InChI=1S/C17H19N5O2S/c1-10-2-3-12(19-7-10)13-4-5-14(21-13)16(24)22-15(6-18)17-20-11(8-23)9-25-17/h2-5,7,9,15,21,23H,6,8,18H2,1H3,(H,22,24)/t15-/m1/s1. The molecule has 1 atom stereocenters. The van der Waals surface area contributed by atoms with Crippen LogP contribution in [-0.4, -0.2) is 32.5 Å². The van der Waals surface area contributed by atoms with E-state index in [1.54, 1.807) is 17.6 Å². The number of hydrogen-bond donors (Lipinski definition) is 4. The molecular formula is C17H19N5O2S. The molecule has 130 valence electrons. The van der Waals surface area contributed by atoms with Gasteiger partial charge in [0.25, 0.3) is 5.91 Å². The van der Waals surface area contributed by atoms with Gasteiger partial charge < -0.3 is 21.1 Å². The van der Waals surface area contributed by atoms with E-state index >= 15 is 0 Å². The summed E-state index contributed by atoms with van der Waals surface area (Å²) in [4.78, 5) is 24.1. The lowest BCUT2D eigenvalue weighted by atomic mass is 10.2. The summed E-state index contributed by atoms with van der Waals surface area (Å²) in [6.45, 7) is 2.06. The number of aliphatic hydroxyl groups is 1. The van der Waals surface area contributed by atoms with Crippen molar-refractivity contribution in [2.75, 3.05) is 6.54 Å². The van der Waals surface area contributed by atoms with Gasteiger partial charge in [-0.2, -0.15) is 0 Å². The van der Waals surface area contributed by atoms with E-state index in [4.69, 9.17) is 10.8 Å². The lowest BCUT2D eigenvalue weighted by Gasteiger charge is -2.13. The Bertz CT molecular complexity index is 856. The van der Waals surface area contributed by atoms with Crippen LogP contribution in [0.1, 0.15) is 32.8 Å². The number of aryl methyl sites for hydroxylation is 1. The van der Waals surface area contributed by atoms with Gasteiger partial charge in [0.05, 0.1) is 29.7 Å². The SMILES string of the molecule is Cc1ccc(-c2ccc(C(=O)N[C@H](CN)c3nc(CO)cs3)[nH]2)nc1. The quantitative estimate of drug-likeness (QED) is 0.536. The third-order valence-corrected chi connectivity index (χ3v) is 4.70. The summed E-state index contributed by atoms with van der Waals surface area (Å²) in [6, 6.07) is 6.99. The van der Waals surface area contributed by atoms with Crippen molar-refractivity contribution in [2.24, 2.45) is 5.73 Å². The normalized spacial score (nSPS) is 12.1. The molecule has 3 rings (SSSR count). The fraction of sp³-hybridized carbons (Fsp3) is 0.235. The lowest BCUT2D eigenvalue weighted by Crippen LogP contribution is -2.33. The maximum atomic E-state index is 12.5. The van der Waals surface area contributed by atoms with Crippen molar-refractivity contribution >= 4 is 17.2 Å². The molecule has 0 aliphatic heterocycles. The maximum absolute atomic E-state index is 12.5. The average Bonchev–Trinajstić information content (AvgIpc) is 3.29. The number of amides is 1. The highest BCUT2D eigenvalue weighted by molar-refractivity contribution is 7.09. The highest BCUT2D eigenvalue weighted by Crippen LogP contribution is 2.20. The Morgan fingerprint density at radius 1 is 1.40 bits per heavy atom. The number of aromatic nitrogens is 3. The van der Waals surface area contributed by atoms with Crippen molar-refractivity contribution in [1.29, 1.82) is 0 Å². The molecular weight excluding hydrogens is 338 g/mol. The number of nitrogens with two attached hydrogens (primary N) is 1. The number of aromatic amines is 1. The molecule has 3 aromatic heterocycles. The molecule has 7 nitrogen and oxygen atoms in total. The van der Waals surface area contributed by atoms with Crippen LogP contribution in [-0.2, 0) is 6.61 Å². The zero-order valence-electron chi connectivity index (χ0n) is 13.7. The highest BCUT2D eigenvalue weighted by atomic mass is 32.1. The Hall–Kier alpha value is -2.55. The van der Waals surface area contributed by atoms with Gasteiger partial charge in [-0.15, -0.1) is 11.3 Å². The molecule has 0 aliphatic carbocycles. The van der Waals surface area contributed by atoms with Gasteiger partial charge in [-0.25, -0.2) is 4.98 Å². The van der Waals surface area contributed by atoms with Gasteiger partial charge in [-0.05, 0) is 30.7 Å². The number of hydrogen-bond acceptors (Lipinski definition) is 6. The second-order valence-electron chi connectivity index (χ2n) is 5.60. The molecule has 5 N–H and O–H groups in total. The first-order valence-corrected chi connectivity index (χ1v) is 8.66. The number of thiazole rings is 1. The molecule has 0 radical (unpaired) electrons. The molecule has 0 spiro atoms. The van der Waals surface area contributed by atoms with Gasteiger partial charge in [0.2, 0.25) is 0 Å². The number of nitrogens with zero attached hydrogens (tertiary/aromatic N) is 2. The predicted molar refractivity (Wildman–Crippen MR) is 96.1 cm³/mol. The summed E-state index contributed by atoms with van der Waals surface area (Å²) < 4.78 is 0. The Balaban J connectivity index is 1.73. The largest absolute Gasteiger partial charge is 0.390 e. The second kappa shape index (κ2) is 7.56. The maximum Gasteiger partial charge on any atom is 0.268 e. The van der Waals surface area contributed by atoms with Crippen LogP contribution in [0.15, 0.2) is 35.8 Å². The van der Waals surface area contributed by atoms with E-state index < -0.39 is 6.04 Å². The number of carbonyl (C=O) groups excluding carboxylic acids is 1. The van der Waals surface area contributed by atoms with Crippen LogP contribution < -0.4 is 11.1 Å². The smallest absolute Gasteiger partial charge is 0.268 e. The summed E-state index contributed by atoms with van der Waals surface area (Å²) in [5, 5.41) is 14.4. The van der Waals surface area contributed by atoms with Crippen molar-refractivity contribution in [1.82, 2.24) is 20.3 Å². The van der Waals surface area contributed by atoms with Crippen molar-refractivity contribution in [3.8, 4) is 11.4 Å². The monoisotopic (exact) mass is 357 g/mol.